The molecule has 53 heavy (non-hydrogen) atoms. The average Bonchev–Trinajstić information content (AvgIpc) is 3.60. The van der Waals surface area contributed by atoms with Gasteiger partial charge in [-0.15, -0.1) is 0 Å². The van der Waals surface area contributed by atoms with E-state index in [2.05, 4.69) is 138 Å². The van der Waals surface area contributed by atoms with Crippen LogP contribution in [0.5, 0.6) is 0 Å². The molecule has 0 saturated carbocycles. The minimum Gasteiger partial charge on any atom is -0.458 e. The molecule has 0 radical (unpaired) electrons. The third-order valence-electron chi connectivity index (χ3n) is 11.4. The minimum atomic E-state index is -0.0558. The fourth-order valence-corrected chi connectivity index (χ4v) is 8.80. The molecule has 4 aliphatic rings. The topological polar surface area (TPSA) is 55.1 Å². The van der Waals surface area contributed by atoms with E-state index in [9.17, 15) is 0 Å². The zero-order valence-corrected chi connectivity index (χ0v) is 29.8. The molecular weight excluding hydrogens is 649 g/mol. The molecule has 5 nitrogen and oxygen atoms in total. The molecule has 0 N–H and O–H groups in total. The van der Waals surface area contributed by atoms with Crippen molar-refractivity contribution in [2.24, 2.45) is 5.41 Å². The molecule has 0 saturated heterocycles. The first-order valence-corrected chi connectivity index (χ1v) is 18.4. The van der Waals surface area contributed by atoms with Crippen LogP contribution in [0.3, 0.4) is 0 Å². The van der Waals surface area contributed by atoms with Gasteiger partial charge in [0.15, 0.2) is 0 Å². The lowest BCUT2D eigenvalue weighted by Crippen LogP contribution is -2.34. The van der Waals surface area contributed by atoms with Gasteiger partial charge in [-0.1, -0.05) is 104 Å². The average molecular weight is 687 g/mol. The van der Waals surface area contributed by atoms with Crippen molar-refractivity contribution in [2.75, 3.05) is 7.05 Å². The molecule has 0 bridgehead atoms. The van der Waals surface area contributed by atoms with Crippen LogP contribution in [0.4, 0.5) is 0 Å². The third kappa shape index (κ3) is 5.18. The van der Waals surface area contributed by atoms with Gasteiger partial charge in [0.1, 0.15) is 17.4 Å². The minimum absolute atomic E-state index is 0.0360. The Morgan fingerprint density at radius 3 is 2.28 bits per heavy atom. The van der Waals surface area contributed by atoms with E-state index >= 15 is 0 Å². The molecule has 2 aromatic carbocycles. The summed E-state index contributed by atoms with van der Waals surface area (Å²) in [5, 5.41) is 1.17. The number of allylic oxidation sites excluding steroid dienone is 9. The van der Waals surface area contributed by atoms with Crippen LogP contribution in [0.2, 0.25) is 0 Å². The summed E-state index contributed by atoms with van der Waals surface area (Å²) < 4.78 is 6.95. The molecule has 3 unspecified atom stereocenters. The number of fused-ring (bicyclic) bond motifs is 5. The molecule has 5 heterocycles. The second-order valence-corrected chi connectivity index (χ2v) is 14.6. The van der Waals surface area contributed by atoms with Crippen LogP contribution in [0.15, 0.2) is 179 Å². The molecule has 256 valence electrons. The fourth-order valence-electron chi connectivity index (χ4n) is 8.80. The number of benzene rings is 2. The molecule has 5 heteroatoms. The molecule has 3 atom stereocenters. The van der Waals surface area contributed by atoms with Crippen molar-refractivity contribution in [3.63, 3.8) is 0 Å². The summed E-state index contributed by atoms with van der Waals surface area (Å²) in [5.41, 5.74) is 14.2. The Labute approximate surface area is 309 Å². The van der Waals surface area contributed by atoms with Crippen LogP contribution in [0.25, 0.3) is 50.4 Å². The number of pyridine rings is 3. The molecular formula is C48H38N4O. The highest BCUT2D eigenvalue weighted by Gasteiger charge is 2.43. The monoisotopic (exact) mass is 686 g/mol. The van der Waals surface area contributed by atoms with Gasteiger partial charge in [-0.05, 0) is 94.8 Å². The van der Waals surface area contributed by atoms with Crippen LogP contribution in [-0.4, -0.2) is 26.9 Å². The molecule has 0 spiro atoms. The second kappa shape index (κ2) is 12.4. The highest BCUT2D eigenvalue weighted by atomic mass is 16.3. The van der Waals surface area contributed by atoms with Gasteiger partial charge in [-0.2, -0.15) is 0 Å². The quantitative estimate of drug-likeness (QED) is 0.181. The summed E-state index contributed by atoms with van der Waals surface area (Å²) in [6, 6.07) is 33.7. The second-order valence-electron chi connectivity index (χ2n) is 14.6. The van der Waals surface area contributed by atoms with Gasteiger partial charge < -0.3 is 9.32 Å². The molecule has 0 fully saturated rings. The highest BCUT2D eigenvalue weighted by Crippen LogP contribution is 2.55. The fraction of sp³-hybridized carbons (Fsp3) is 0.146. The lowest BCUT2D eigenvalue weighted by atomic mass is 9.69. The van der Waals surface area contributed by atoms with Gasteiger partial charge in [0, 0.05) is 47.4 Å². The number of furan rings is 1. The summed E-state index contributed by atoms with van der Waals surface area (Å²) in [6.07, 6.45) is 23.9. The summed E-state index contributed by atoms with van der Waals surface area (Å²) in [4.78, 5) is 16.8. The molecule has 1 aliphatic heterocycles. The summed E-state index contributed by atoms with van der Waals surface area (Å²) in [5.74, 6) is 1.16. The predicted molar refractivity (Wildman–Crippen MR) is 213 cm³/mol. The number of aromatic nitrogens is 3. The van der Waals surface area contributed by atoms with E-state index < -0.39 is 0 Å². The summed E-state index contributed by atoms with van der Waals surface area (Å²) in [6.45, 7) is 2.35. The van der Waals surface area contributed by atoms with Gasteiger partial charge in [-0.3, -0.25) is 9.97 Å². The number of likely N-dealkylation sites (N-methyl/N-ethyl adjacent to an activating group) is 1. The van der Waals surface area contributed by atoms with Gasteiger partial charge in [0.05, 0.1) is 22.8 Å². The van der Waals surface area contributed by atoms with Crippen LogP contribution in [-0.2, 0) is 0 Å². The molecule has 10 rings (SSSR count). The normalized spacial score (nSPS) is 21.6. The van der Waals surface area contributed by atoms with Gasteiger partial charge in [0.2, 0.25) is 0 Å². The number of nitrogens with zero attached hydrogens (tertiary/aromatic N) is 4. The molecule has 6 aromatic rings. The Morgan fingerprint density at radius 2 is 1.51 bits per heavy atom. The Kier molecular flexibility index (Phi) is 7.36. The summed E-state index contributed by atoms with van der Waals surface area (Å²) in [7, 11) is 2.24. The van der Waals surface area contributed by atoms with Crippen molar-refractivity contribution < 1.29 is 4.42 Å². The first kappa shape index (κ1) is 31.4. The third-order valence-corrected chi connectivity index (χ3v) is 11.4. The number of hydrogen-bond acceptors (Lipinski definition) is 5. The van der Waals surface area contributed by atoms with Crippen molar-refractivity contribution in [2.45, 2.75) is 31.7 Å². The number of rotatable bonds is 5. The van der Waals surface area contributed by atoms with Crippen molar-refractivity contribution in [3.05, 3.63) is 192 Å². The van der Waals surface area contributed by atoms with Crippen LogP contribution < -0.4 is 0 Å². The van der Waals surface area contributed by atoms with Crippen molar-refractivity contribution in [3.8, 4) is 33.9 Å². The Hall–Kier alpha value is -6.33. The maximum absolute atomic E-state index is 6.95. The SMILES string of the molecule is CN1C2=C(c3c(oc4ccccc34)C1C1=C3C=CC=CC3(C)CC=C1)C(c1cccc(-c3cc(-c4ccccn4)nc(-c4ccccn4)c3)c1)CC=C2. The van der Waals surface area contributed by atoms with Gasteiger partial charge in [0.25, 0.3) is 0 Å². The van der Waals surface area contributed by atoms with E-state index in [-0.39, 0.29) is 17.4 Å². The van der Waals surface area contributed by atoms with Gasteiger partial charge >= 0.3 is 0 Å². The summed E-state index contributed by atoms with van der Waals surface area (Å²) >= 11 is 0. The number of para-hydroxylation sites is 1. The smallest absolute Gasteiger partial charge is 0.139 e. The number of hydrogen-bond donors (Lipinski definition) is 0. The zero-order chi connectivity index (χ0) is 35.5. The first-order valence-electron chi connectivity index (χ1n) is 18.4. The van der Waals surface area contributed by atoms with E-state index in [1.54, 1.807) is 0 Å². The maximum atomic E-state index is 6.95. The molecule has 0 amide bonds. The standard InChI is InChI=1S/C48H38N4O/c1-48-24-8-5-19-37(48)35(18-13-25-48)46-47-45(36-16-3-4-23-43(36)53-47)44-34(17-12-22-42(44)52(46)2)32-15-11-14-31(28-32)33-29-40(38-20-6-9-26-49-38)51-41(30-33)39-21-7-10-27-50-39/h3-16,18-24,26-30,34,46H,17,25H2,1-2H3. The Bertz CT molecular complexity index is 2550. The van der Waals surface area contributed by atoms with E-state index in [0.29, 0.717) is 0 Å². The van der Waals surface area contributed by atoms with E-state index in [1.807, 2.05) is 48.8 Å². The van der Waals surface area contributed by atoms with E-state index in [1.165, 1.54) is 38.9 Å². The Morgan fingerprint density at radius 1 is 0.736 bits per heavy atom. The van der Waals surface area contributed by atoms with Gasteiger partial charge in [-0.25, -0.2) is 4.98 Å². The van der Waals surface area contributed by atoms with Crippen molar-refractivity contribution in [1.82, 2.24) is 19.9 Å². The Balaban J connectivity index is 1.12. The highest BCUT2D eigenvalue weighted by molar-refractivity contribution is 5.97. The lowest BCUT2D eigenvalue weighted by Gasteiger charge is -2.43. The van der Waals surface area contributed by atoms with E-state index in [0.717, 1.165) is 58.1 Å². The maximum Gasteiger partial charge on any atom is 0.139 e. The zero-order valence-electron chi connectivity index (χ0n) is 29.8. The van der Waals surface area contributed by atoms with E-state index in [4.69, 9.17) is 9.40 Å². The van der Waals surface area contributed by atoms with Crippen molar-refractivity contribution in [1.29, 1.82) is 0 Å². The lowest BCUT2D eigenvalue weighted by molar-refractivity contribution is 0.303. The first-order chi connectivity index (χ1) is 26.1. The van der Waals surface area contributed by atoms with Crippen LogP contribution >= 0.6 is 0 Å². The largest absolute Gasteiger partial charge is 0.458 e. The molecule has 3 aliphatic carbocycles. The molecule has 4 aromatic heterocycles. The van der Waals surface area contributed by atoms with Crippen LogP contribution in [0.1, 0.15) is 48.6 Å². The van der Waals surface area contributed by atoms with Crippen LogP contribution in [0, 0.1) is 5.41 Å². The predicted octanol–water partition coefficient (Wildman–Crippen LogP) is 11.4. The van der Waals surface area contributed by atoms with Crippen molar-refractivity contribution >= 4 is 16.5 Å².